The Labute approximate surface area is 126 Å². The summed E-state index contributed by atoms with van der Waals surface area (Å²) in [6.45, 7) is 0. The van der Waals surface area contributed by atoms with Crippen LogP contribution >= 0.6 is 0 Å². The van der Waals surface area contributed by atoms with E-state index in [1.165, 1.54) is 20.3 Å². The molecule has 1 aromatic heterocycles. The molecule has 112 valence electrons. The van der Waals surface area contributed by atoms with E-state index in [9.17, 15) is 9.90 Å². The Balaban J connectivity index is 2.41. The van der Waals surface area contributed by atoms with Gasteiger partial charge in [-0.1, -0.05) is 30.3 Å². The topological polar surface area (TPSA) is 68.9 Å². The van der Waals surface area contributed by atoms with Gasteiger partial charge in [-0.3, -0.25) is 4.79 Å². The van der Waals surface area contributed by atoms with Crippen LogP contribution in [0, 0.1) is 0 Å². The zero-order chi connectivity index (χ0) is 15.7. The maximum absolute atomic E-state index is 12.4. The quantitative estimate of drug-likeness (QED) is 0.804. The van der Waals surface area contributed by atoms with Gasteiger partial charge in [-0.25, -0.2) is 0 Å². The minimum Gasteiger partial charge on any atom is -0.502 e. The summed E-state index contributed by atoms with van der Waals surface area (Å²) >= 11 is 0. The van der Waals surface area contributed by atoms with Crippen LogP contribution in [0.1, 0.15) is 0 Å². The molecule has 0 spiro atoms. The molecule has 0 atom stereocenters. The van der Waals surface area contributed by atoms with Crippen molar-refractivity contribution in [1.29, 1.82) is 0 Å². The van der Waals surface area contributed by atoms with E-state index in [0.717, 1.165) is 0 Å². The standard InChI is InChI=1S/C17H14O5/c1-20-12-9-8-11-13(18)14(19)15(10-6-4-3-5-7-10)22-16(11)17(12)21-2/h3-9,19H,1-2H3. The monoisotopic (exact) mass is 298 g/mol. The Morgan fingerprint density at radius 3 is 2.36 bits per heavy atom. The van der Waals surface area contributed by atoms with E-state index in [-0.39, 0.29) is 16.7 Å². The van der Waals surface area contributed by atoms with Crippen molar-refractivity contribution < 1.29 is 19.0 Å². The lowest BCUT2D eigenvalue weighted by molar-refractivity contribution is 0.352. The maximum atomic E-state index is 12.4. The molecule has 0 amide bonds. The summed E-state index contributed by atoms with van der Waals surface area (Å²) in [6, 6.07) is 12.1. The molecule has 0 aliphatic carbocycles. The minimum atomic E-state index is -0.513. The van der Waals surface area contributed by atoms with Crippen LogP contribution in [0.4, 0.5) is 0 Å². The summed E-state index contributed by atoms with van der Waals surface area (Å²) in [4.78, 5) is 12.4. The minimum absolute atomic E-state index is 0.102. The molecule has 2 aromatic carbocycles. The molecule has 5 heteroatoms. The number of benzene rings is 2. The smallest absolute Gasteiger partial charge is 0.235 e. The van der Waals surface area contributed by atoms with Crippen molar-refractivity contribution in [3.63, 3.8) is 0 Å². The first-order valence-corrected chi connectivity index (χ1v) is 6.63. The summed E-state index contributed by atoms with van der Waals surface area (Å²) in [7, 11) is 2.96. The van der Waals surface area contributed by atoms with Gasteiger partial charge in [0.15, 0.2) is 17.1 Å². The molecular weight excluding hydrogens is 284 g/mol. The molecule has 22 heavy (non-hydrogen) atoms. The molecule has 0 saturated carbocycles. The molecule has 0 fully saturated rings. The number of fused-ring (bicyclic) bond motifs is 1. The molecular formula is C17H14O5. The van der Waals surface area contributed by atoms with Crippen molar-refractivity contribution in [2.45, 2.75) is 0 Å². The van der Waals surface area contributed by atoms with E-state index in [1.807, 2.05) is 6.07 Å². The average molecular weight is 298 g/mol. The summed E-state index contributed by atoms with van der Waals surface area (Å²) in [5.74, 6) is 0.438. The second-order valence-electron chi connectivity index (χ2n) is 4.65. The van der Waals surface area contributed by atoms with Crippen LogP contribution in [0.3, 0.4) is 0 Å². The number of methoxy groups -OCH3 is 2. The van der Waals surface area contributed by atoms with E-state index in [1.54, 1.807) is 30.3 Å². The molecule has 5 nitrogen and oxygen atoms in total. The average Bonchev–Trinajstić information content (AvgIpc) is 2.57. The Hall–Kier alpha value is -2.95. The van der Waals surface area contributed by atoms with Crippen LogP contribution in [0.15, 0.2) is 51.7 Å². The molecule has 0 saturated heterocycles. The van der Waals surface area contributed by atoms with Gasteiger partial charge in [-0.05, 0) is 12.1 Å². The fourth-order valence-corrected chi connectivity index (χ4v) is 2.35. The molecule has 0 radical (unpaired) electrons. The van der Waals surface area contributed by atoms with Gasteiger partial charge in [-0.15, -0.1) is 0 Å². The van der Waals surface area contributed by atoms with E-state index < -0.39 is 11.2 Å². The first-order chi connectivity index (χ1) is 10.7. The van der Waals surface area contributed by atoms with E-state index >= 15 is 0 Å². The van der Waals surface area contributed by atoms with Crippen molar-refractivity contribution in [1.82, 2.24) is 0 Å². The molecule has 1 heterocycles. The van der Waals surface area contributed by atoms with Crippen molar-refractivity contribution in [3.05, 3.63) is 52.7 Å². The number of rotatable bonds is 3. The lowest BCUT2D eigenvalue weighted by Crippen LogP contribution is -2.04. The van der Waals surface area contributed by atoms with Crippen LogP contribution in [0.5, 0.6) is 17.2 Å². The zero-order valence-electron chi connectivity index (χ0n) is 12.1. The number of hydrogen-bond acceptors (Lipinski definition) is 5. The van der Waals surface area contributed by atoms with Crippen LogP contribution in [-0.2, 0) is 0 Å². The molecule has 0 unspecified atom stereocenters. The largest absolute Gasteiger partial charge is 0.502 e. The molecule has 0 aliphatic heterocycles. The van der Waals surface area contributed by atoms with Crippen LogP contribution in [0.2, 0.25) is 0 Å². The molecule has 0 aliphatic rings. The predicted octanol–water partition coefficient (Wildman–Crippen LogP) is 3.18. The summed E-state index contributed by atoms with van der Waals surface area (Å²) in [6.07, 6.45) is 0. The Morgan fingerprint density at radius 1 is 1.00 bits per heavy atom. The first kappa shape index (κ1) is 14.0. The highest BCUT2D eigenvalue weighted by atomic mass is 16.5. The van der Waals surface area contributed by atoms with Gasteiger partial charge in [0.1, 0.15) is 0 Å². The van der Waals surface area contributed by atoms with Gasteiger partial charge in [0, 0.05) is 5.56 Å². The number of aromatic hydroxyl groups is 1. The van der Waals surface area contributed by atoms with Crippen LogP contribution < -0.4 is 14.9 Å². The van der Waals surface area contributed by atoms with Gasteiger partial charge >= 0.3 is 0 Å². The third kappa shape index (κ3) is 2.07. The van der Waals surface area contributed by atoms with Gasteiger partial charge in [0.2, 0.25) is 16.9 Å². The van der Waals surface area contributed by atoms with E-state index in [4.69, 9.17) is 13.9 Å². The Kier molecular flexibility index (Phi) is 3.47. The highest BCUT2D eigenvalue weighted by molar-refractivity contribution is 5.88. The second-order valence-corrected chi connectivity index (χ2v) is 4.65. The van der Waals surface area contributed by atoms with Crippen molar-refractivity contribution >= 4 is 11.0 Å². The predicted molar refractivity (Wildman–Crippen MR) is 82.7 cm³/mol. The number of ether oxygens (including phenoxy) is 2. The zero-order valence-corrected chi connectivity index (χ0v) is 12.1. The molecule has 1 N–H and O–H groups in total. The van der Waals surface area contributed by atoms with E-state index in [2.05, 4.69) is 0 Å². The van der Waals surface area contributed by atoms with Crippen molar-refractivity contribution in [3.8, 4) is 28.6 Å². The summed E-state index contributed by atoms with van der Waals surface area (Å²) in [5.41, 5.74) is 0.327. The Bertz CT molecular complexity index is 881. The van der Waals surface area contributed by atoms with Crippen molar-refractivity contribution in [2.24, 2.45) is 0 Å². The first-order valence-electron chi connectivity index (χ1n) is 6.63. The third-order valence-corrected chi connectivity index (χ3v) is 3.41. The van der Waals surface area contributed by atoms with Gasteiger partial charge in [-0.2, -0.15) is 0 Å². The van der Waals surface area contributed by atoms with Crippen LogP contribution in [0.25, 0.3) is 22.3 Å². The lowest BCUT2D eigenvalue weighted by atomic mass is 10.1. The normalized spacial score (nSPS) is 10.6. The molecule has 0 bridgehead atoms. The fraction of sp³-hybridized carbons (Fsp3) is 0.118. The Morgan fingerprint density at radius 2 is 1.73 bits per heavy atom. The lowest BCUT2D eigenvalue weighted by Gasteiger charge is -2.11. The van der Waals surface area contributed by atoms with Gasteiger partial charge in [0.05, 0.1) is 19.6 Å². The molecule has 3 rings (SSSR count). The van der Waals surface area contributed by atoms with Gasteiger partial charge in [0.25, 0.3) is 0 Å². The third-order valence-electron chi connectivity index (χ3n) is 3.41. The number of hydrogen-bond donors (Lipinski definition) is 1. The summed E-state index contributed by atoms with van der Waals surface area (Å²) in [5, 5.41) is 10.4. The SMILES string of the molecule is COc1ccc2c(=O)c(O)c(-c3ccccc3)oc2c1OC. The highest BCUT2D eigenvalue weighted by Gasteiger charge is 2.20. The highest BCUT2D eigenvalue weighted by Crippen LogP contribution is 2.38. The van der Waals surface area contributed by atoms with E-state index in [0.29, 0.717) is 17.1 Å². The molecule has 3 aromatic rings. The van der Waals surface area contributed by atoms with Gasteiger partial charge < -0.3 is 19.0 Å². The maximum Gasteiger partial charge on any atom is 0.235 e. The second kappa shape index (κ2) is 5.44. The summed E-state index contributed by atoms with van der Waals surface area (Å²) < 4.78 is 16.3. The van der Waals surface area contributed by atoms with Crippen molar-refractivity contribution in [2.75, 3.05) is 14.2 Å². The van der Waals surface area contributed by atoms with Crippen LogP contribution in [-0.4, -0.2) is 19.3 Å². The fourth-order valence-electron chi connectivity index (χ4n) is 2.35.